The van der Waals surface area contributed by atoms with E-state index in [-0.39, 0.29) is 12.3 Å². The van der Waals surface area contributed by atoms with Gasteiger partial charge in [0, 0.05) is 0 Å². The van der Waals surface area contributed by atoms with Crippen molar-refractivity contribution in [1.82, 2.24) is 16.0 Å². The van der Waals surface area contributed by atoms with Gasteiger partial charge in [-0.1, -0.05) is 13.8 Å². The second-order valence-electron chi connectivity index (χ2n) is 8.02. The number of carbonyl (C=O) groups excluding carboxylic acids is 3. The van der Waals surface area contributed by atoms with E-state index < -0.39 is 54.0 Å². The lowest BCUT2D eigenvalue weighted by molar-refractivity contribution is -0.145. The van der Waals surface area contributed by atoms with Crippen molar-refractivity contribution in [3.8, 4) is 0 Å². The highest BCUT2D eigenvalue weighted by Crippen LogP contribution is 2.07. The lowest BCUT2D eigenvalue weighted by atomic mass is 10.0. The number of amides is 3. The summed E-state index contributed by atoms with van der Waals surface area (Å²) in [6, 6.07) is -4.27. The van der Waals surface area contributed by atoms with Gasteiger partial charge in [-0.05, 0) is 57.1 Å². The van der Waals surface area contributed by atoms with Crippen LogP contribution in [0, 0.1) is 5.92 Å². The molecule has 0 bridgehead atoms. The van der Waals surface area contributed by atoms with E-state index in [1.165, 1.54) is 18.7 Å². The zero-order valence-corrected chi connectivity index (χ0v) is 20.1. The van der Waals surface area contributed by atoms with Crippen LogP contribution in [0.4, 0.5) is 0 Å². The fraction of sp³-hybridized carbons (Fsp3) is 0.800. The summed E-state index contributed by atoms with van der Waals surface area (Å²) in [5, 5.41) is 26.4. The topological polar surface area (TPSA) is 197 Å². The average molecular weight is 478 g/mol. The Hall–Kier alpha value is -1.89. The number of hydrogen-bond donors (Lipinski definition) is 7. The lowest BCUT2D eigenvalue weighted by Crippen LogP contribution is -2.58. The third kappa shape index (κ3) is 11.1. The third-order valence-corrected chi connectivity index (χ3v) is 5.53. The van der Waals surface area contributed by atoms with Crippen molar-refractivity contribution in [1.29, 1.82) is 0 Å². The van der Waals surface area contributed by atoms with Gasteiger partial charge in [-0.25, -0.2) is 4.79 Å². The van der Waals surface area contributed by atoms with E-state index in [4.69, 9.17) is 11.5 Å². The third-order valence-electron chi connectivity index (χ3n) is 4.89. The number of hydrogen-bond acceptors (Lipinski definition) is 8. The number of carbonyl (C=O) groups is 4. The van der Waals surface area contributed by atoms with Gasteiger partial charge >= 0.3 is 5.97 Å². The number of aliphatic hydroxyl groups excluding tert-OH is 1. The van der Waals surface area contributed by atoms with Gasteiger partial charge in [0.25, 0.3) is 0 Å². The van der Waals surface area contributed by atoms with Gasteiger partial charge in [-0.3, -0.25) is 14.4 Å². The molecule has 11 nitrogen and oxygen atoms in total. The molecule has 0 aliphatic carbocycles. The fourth-order valence-electron chi connectivity index (χ4n) is 2.75. The molecule has 0 heterocycles. The molecule has 0 aliphatic heterocycles. The summed E-state index contributed by atoms with van der Waals surface area (Å²) in [4.78, 5) is 49.3. The average Bonchev–Trinajstić information content (AvgIpc) is 2.72. The molecule has 3 amide bonds. The molecular formula is C20H39N5O6S. The first-order chi connectivity index (χ1) is 15.0. The van der Waals surface area contributed by atoms with Crippen LogP contribution < -0.4 is 27.4 Å². The standard InChI is InChI=1S/C20H39N5O6S/c1-11(2)15(22)19(29)24-14(8-10-32-4)17(27)23-13(7-5-6-9-21)18(28)25-16(12(3)26)20(30)31/h11-16,26H,5-10,21-22H2,1-4H3,(H,23,27)(H,24,29)(H,25,28)(H,30,31). The van der Waals surface area contributed by atoms with E-state index in [0.717, 1.165) is 0 Å². The molecule has 0 aromatic carbocycles. The maximum atomic E-state index is 12.9. The van der Waals surface area contributed by atoms with E-state index in [1.54, 1.807) is 13.8 Å². The van der Waals surface area contributed by atoms with Crippen LogP contribution in [-0.2, 0) is 19.2 Å². The molecule has 0 saturated carbocycles. The van der Waals surface area contributed by atoms with Crippen molar-refractivity contribution in [2.75, 3.05) is 18.6 Å². The summed E-state index contributed by atoms with van der Waals surface area (Å²) in [6.45, 7) is 5.22. The summed E-state index contributed by atoms with van der Waals surface area (Å²) >= 11 is 1.50. The number of aliphatic hydroxyl groups is 1. The van der Waals surface area contributed by atoms with Crippen LogP contribution in [0.15, 0.2) is 0 Å². The first-order valence-electron chi connectivity index (χ1n) is 10.7. The van der Waals surface area contributed by atoms with Gasteiger partial charge in [0.1, 0.15) is 12.1 Å². The second kappa shape index (κ2) is 15.8. The van der Waals surface area contributed by atoms with E-state index in [9.17, 15) is 29.4 Å². The molecular weight excluding hydrogens is 438 g/mol. The second-order valence-corrected chi connectivity index (χ2v) is 9.01. The summed E-state index contributed by atoms with van der Waals surface area (Å²) in [7, 11) is 0. The Morgan fingerprint density at radius 2 is 1.44 bits per heavy atom. The molecule has 0 saturated heterocycles. The Balaban J connectivity index is 5.46. The molecule has 5 unspecified atom stereocenters. The van der Waals surface area contributed by atoms with E-state index in [1.807, 2.05) is 6.26 Å². The first kappa shape index (κ1) is 30.1. The number of nitrogens with two attached hydrogens (primary N) is 2. The number of thioether (sulfide) groups is 1. The van der Waals surface area contributed by atoms with E-state index >= 15 is 0 Å². The maximum Gasteiger partial charge on any atom is 0.328 e. The van der Waals surface area contributed by atoms with Crippen LogP contribution >= 0.6 is 11.8 Å². The number of aliphatic carboxylic acids is 1. The maximum absolute atomic E-state index is 12.9. The molecule has 12 heteroatoms. The van der Waals surface area contributed by atoms with Gasteiger partial charge in [0.15, 0.2) is 6.04 Å². The molecule has 0 fully saturated rings. The first-order valence-corrected chi connectivity index (χ1v) is 12.1. The highest BCUT2D eigenvalue weighted by Gasteiger charge is 2.31. The van der Waals surface area contributed by atoms with Crippen LogP contribution in [0.5, 0.6) is 0 Å². The number of rotatable bonds is 16. The van der Waals surface area contributed by atoms with E-state index in [0.29, 0.717) is 31.6 Å². The SMILES string of the molecule is CSCCC(NC(=O)C(N)C(C)C)C(=O)NC(CCCCN)C(=O)NC(C(=O)O)C(C)O. The predicted octanol–water partition coefficient (Wildman–Crippen LogP) is -1.23. The number of carboxylic acids is 1. The molecule has 5 atom stereocenters. The largest absolute Gasteiger partial charge is 0.480 e. The Morgan fingerprint density at radius 3 is 1.91 bits per heavy atom. The minimum Gasteiger partial charge on any atom is -0.480 e. The Labute approximate surface area is 193 Å². The predicted molar refractivity (Wildman–Crippen MR) is 124 cm³/mol. The summed E-state index contributed by atoms with van der Waals surface area (Å²) < 4.78 is 0. The van der Waals surface area contributed by atoms with Crippen molar-refractivity contribution < 1.29 is 29.4 Å². The summed E-state index contributed by atoms with van der Waals surface area (Å²) in [6.07, 6.45) is 2.20. The zero-order chi connectivity index (χ0) is 24.8. The number of unbranched alkanes of at least 4 members (excludes halogenated alkanes) is 1. The fourth-order valence-corrected chi connectivity index (χ4v) is 3.22. The number of nitrogens with one attached hydrogen (secondary N) is 3. The molecule has 0 rings (SSSR count). The zero-order valence-electron chi connectivity index (χ0n) is 19.3. The normalized spacial score (nSPS) is 15.9. The van der Waals surface area contributed by atoms with Crippen molar-refractivity contribution in [2.45, 2.75) is 76.7 Å². The quantitative estimate of drug-likeness (QED) is 0.133. The smallest absolute Gasteiger partial charge is 0.328 e. The van der Waals surface area contributed by atoms with Crippen LogP contribution in [0.1, 0.15) is 46.5 Å². The van der Waals surface area contributed by atoms with Gasteiger partial charge in [0.05, 0.1) is 12.1 Å². The van der Waals surface area contributed by atoms with Crippen molar-refractivity contribution >= 4 is 35.5 Å². The Kier molecular flexibility index (Phi) is 14.9. The van der Waals surface area contributed by atoms with E-state index in [2.05, 4.69) is 16.0 Å². The molecule has 0 aromatic heterocycles. The molecule has 0 radical (unpaired) electrons. The molecule has 0 aromatic rings. The Bertz CT molecular complexity index is 619. The van der Waals surface area contributed by atoms with Crippen LogP contribution in [0.3, 0.4) is 0 Å². The molecule has 32 heavy (non-hydrogen) atoms. The molecule has 0 spiro atoms. The van der Waals surface area contributed by atoms with Crippen LogP contribution in [0.25, 0.3) is 0 Å². The van der Waals surface area contributed by atoms with Crippen LogP contribution in [0.2, 0.25) is 0 Å². The van der Waals surface area contributed by atoms with Gasteiger partial charge in [-0.2, -0.15) is 11.8 Å². The van der Waals surface area contributed by atoms with Gasteiger partial charge < -0.3 is 37.6 Å². The molecule has 186 valence electrons. The lowest BCUT2D eigenvalue weighted by Gasteiger charge is -2.26. The summed E-state index contributed by atoms with van der Waals surface area (Å²) in [5.74, 6) is -2.71. The highest BCUT2D eigenvalue weighted by molar-refractivity contribution is 7.98. The molecule has 9 N–H and O–H groups in total. The Morgan fingerprint density at radius 1 is 0.906 bits per heavy atom. The van der Waals surface area contributed by atoms with Gasteiger partial charge in [-0.15, -0.1) is 0 Å². The van der Waals surface area contributed by atoms with Crippen molar-refractivity contribution in [2.24, 2.45) is 17.4 Å². The van der Waals surface area contributed by atoms with Crippen molar-refractivity contribution in [3.05, 3.63) is 0 Å². The highest BCUT2D eigenvalue weighted by atomic mass is 32.2. The minimum atomic E-state index is -1.52. The summed E-state index contributed by atoms with van der Waals surface area (Å²) in [5.41, 5.74) is 11.4. The van der Waals surface area contributed by atoms with Crippen molar-refractivity contribution in [3.63, 3.8) is 0 Å². The van der Waals surface area contributed by atoms with Gasteiger partial charge in [0.2, 0.25) is 17.7 Å². The van der Waals surface area contributed by atoms with Crippen LogP contribution in [-0.4, -0.2) is 82.7 Å². The monoisotopic (exact) mass is 477 g/mol. The molecule has 0 aliphatic rings. The minimum absolute atomic E-state index is 0.123. The number of carboxylic acid groups (broad SMARTS) is 1.